The summed E-state index contributed by atoms with van der Waals surface area (Å²) < 4.78 is 1.78. The van der Waals surface area contributed by atoms with E-state index in [0.717, 1.165) is 17.4 Å². The van der Waals surface area contributed by atoms with E-state index in [0.29, 0.717) is 24.7 Å². The number of fused-ring (bicyclic) bond motifs is 1. The van der Waals surface area contributed by atoms with Gasteiger partial charge in [-0.15, -0.1) is 0 Å². The fourth-order valence-electron chi connectivity index (χ4n) is 1.97. The number of para-hydroxylation sites is 1. The van der Waals surface area contributed by atoms with E-state index >= 15 is 0 Å². The lowest BCUT2D eigenvalue weighted by atomic mass is 10.2. The standard InChI is InChI=1S/C14H19ClN4O/c1-18(2)10-8-16-13(20)7-9-19-12-6-4-3-5-11(12)14(15)17-19/h3-6H,7-10H2,1-2H3,(H,16,20). The summed E-state index contributed by atoms with van der Waals surface area (Å²) in [5, 5.41) is 8.55. The van der Waals surface area contributed by atoms with Gasteiger partial charge in [-0.3, -0.25) is 9.48 Å². The highest BCUT2D eigenvalue weighted by atomic mass is 35.5. The van der Waals surface area contributed by atoms with Crippen molar-refractivity contribution in [3.8, 4) is 0 Å². The fraction of sp³-hybridized carbons (Fsp3) is 0.429. The number of hydrogen-bond acceptors (Lipinski definition) is 3. The Kier molecular flexibility index (Phi) is 4.98. The smallest absolute Gasteiger partial charge is 0.221 e. The summed E-state index contributed by atoms with van der Waals surface area (Å²) >= 11 is 6.07. The van der Waals surface area contributed by atoms with Gasteiger partial charge in [0, 0.05) is 24.9 Å². The second-order valence-electron chi connectivity index (χ2n) is 4.93. The summed E-state index contributed by atoms with van der Waals surface area (Å²) in [6.07, 6.45) is 0.398. The first-order chi connectivity index (χ1) is 9.58. The third-order valence-electron chi connectivity index (χ3n) is 3.04. The van der Waals surface area contributed by atoms with Crippen LogP contribution in [0.4, 0.5) is 0 Å². The van der Waals surface area contributed by atoms with Crippen molar-refractivity contribution in [2.45, 2.75) is 13.0 Å². The Morgan fingerprint density at radius 1 is 1.40 bits per heavy atom. The molecule has 1 amide bonds. The zero-order valence-electron chi connectivity index (χ0n) is 11.8. The van der Waals surface area contributed by atoms with E-state index in [9.17, 15) is 4.79 Å². The van der Waals surface area contributed by atoms with E-state index < -0.39 is 0 Å². The van der Waals surface area contributed by atoms with Gasteiger partial charge in [-0.1, -0.05) is 23.7 Å². The third kappa shape index (κ3) is 3.71. The molecule has 0 aliphatic rings. The molecule has 108 valence electrons. The lowest BCUT2D eigenvalue weighted by Gasteiger charge is -2.10. The number of carbonyl (C=O) groups excluding carboxylic acids is 1. The number of benzene rings is 1. The van der Waals surface area contributed by atoms with E-state index in [2.05, 4.69) is 10.4 Å². The Morgan fingerprint density at radius 3 is 2.90 bits per heavy atom. The normalized spacial score (nSPS) is 11.2. The van der Waals surface area contributed by atoms with Crippen molar-refractivity contribution in [1.82, 2.24) is 20.0 Å². The number of aryl methyl sites for hydroxylation is 1. The van der Waals surface area contributed by atoms with E-state index in [1.54, 1.807) is 4.68 Å². The Morgan fingerprint density at radius 2 is 2.15 bits per heavy atom. The molecule has 0 saturated heterocycles. The number of aromatic nitrogens is 2. The number of hydrogen-bond donors (Lipinski definition) is 1. The number of amides is 1. The molecule has 0 radical (unpaired) electrons. The van der Waals surface area contributed by atoms with E-state index in [4.69, 9.17) is 11.6 Å². The molecule has 0 unspecified atom stereocenters. The zero-order valence-corrected chi connectivity index (χ0v) is 12.5. The Hall–Kier alpha value is -1.59. The minimum atomic E-state index is 0.0301. The highest BCUT2D eigenvalue weighted by Gasteiger charge is 2.09. The highest BCUT2D eigenvalue weighted by Crippen LogP contribution is 2.22. The first kappa shape index (κ1) is 14.8. The molecule has 5 nitrogen and oxygen atoms in total. The lowest BCUT2D eigenvalue weighted by Crippen LogP contribution is -2.31. The molecule has 1 aromatic carbocycles. The van der Waals surface area contributed by atoms with Crippen molar-refractivity contribution in [2.75, 3.05) is 27.2 Å². The number of nitrogens with one attached hydrogen (secondary N) is 1. The molecule has 0 saturated carbocycles. The van der Waals surface area contributed by atoms with Crippen LogP contribution >= 0.6 is 11.6 Å². The molecular formula is C14H19ClN4O. The van der Waals surface area contributed by atoms with Crippen molar-refractivity contribution in [1.29, 1.82) is 0 Å². The topological polar surface area (TPSA) is 50.2 Å². The SMILES string of the molecule is CN(C)CCNC(=O)CCn1nc(Cl)c2ccccc21. The maximum absolute atomic E-state index is 11.7. The summed E-state index contributed by atoms with van der Waals surface area (Å²) in [5.74, 6) is 0.0301. The summed E-state index contributed by atoms with van der Waals surface area (Å²) in [5.41, 5.74) is 0.957. The molecule has 1 N–H and O–H groups in total. The van der Waals surface area contributed by atoms with Crippen LogP contribution < -0.4 is 5.32 Å². The van der Waals surface area contributed by atoms with Gasteiger partial charge in [0.05, 0.1) is 12.1 Å². The van der Waals surface area contributed by atoms with Gasteiger partial charge in [-0.2, -0.15) is 5.10 Å². The average Bonchev–Trinajstić information content (AvgIpc) is 2.73. The predicted octanol–water partition coefficient (Wildman–Crippen LogP) is 1.76. The van der Waals surface area contributed by atoms with Crippen LogP contribution in [-0.2, 0) is 11.3 Å². The van der Waals surface area contributed by atoms with Crippen molar-refractivity contribution in [2.24, 2.45) is 0 Å². The molecule has 1 heterocycles. The minimum Gasteiger partial charge on any atom is -0.355 e. The Bertz CT molecular complexity index is 594. The largest absolute Gasteiger partial charge is 0.355 e. The number of likely N-dealkylation sites (N-methyl/N-ethyl adjacent to an activating group) is 1. The van der Waals surface area contributed by atoms with Gasteiger partial charge < -0.3 is 10.2 Å². The van der Waals surface area contributed by atoms with E-state index in [-0.39, 0.29) is 5.91 Å². The monoisotopic (exact) mass is 294 g/mol. The average molecular weight is 295 g/mol. The van der Waals surface area contributed by atoms with Crippen LogP contribution in [0.15, 0.2) is 24.3 Å². The van der Waals surface area contributed by atoms with Crippen LogP contribution in [0.25, 0.3) is 10.9 Å². The second kappa shape index (κ2) is 6.72. The first-order valence-corrected chi connectivity index (χ1v) is 6.98. The van der Waals surface area contributed by atoms with Gasteiger partial charge in [0.25, 0.3) is 0 Å². The molecule has 2 rings (SSSR count). The predicted molar refractivity (Wildman–Crippen MR) is 80.9 cm³/mol. The van der Waals surface area contributed by atoms with Crippen molar-refractivity contribution < 1.29 is 4.79 Å². The number of nitrogens with zero attached hydrogens (tertiary/aromatic N) is 3. The van der Waals surface area contributed by atoms with Crippen LogP contribution in [0.2, 0.25) is 5.15 Å². The van der Waals surface area contributed by atoms with Crippen LogP contribution in [0.1, 0.15) is 6.42 Å². The molecule has 0 aliphatic carbocycles. The third-order valence-corrected chi connectivity index (χ3v) is 3.32. The van der Waals surface area contributed by atoms with Gasteiger partial charge >= 0.3 is 0 Å². The fourth-order valence-corrected chi connectivity index (χ4v) is 2.22. The van der Waals surface area contributed by atoms with Gasteiger partial charge in [0.15, 0.2) is 5.15 Å². The van der Waals surface area contributed by atoms with Gasteiger partial charge in [-0.05, 0) is 26.2 Å². The van der Waals surface area contributed by atoms with Gasteiger partial charge in [0.1, 0.15) is 0 Å². The molecule has 20 heavy (non-hydrogen) atoms. The van der Waals surface area contributed by atoms with Crippen molar-refractivity contribution >= 4 is 28.4 Å². The molecule has 2 aromatic rings. The van der Waals surface area contributed by atoms with E-state index in [1.165, 1.54) is 0 Å². The van der Waals surface area contributed by atoms with Gasteiger partial charge in [0.2, 0.25) is 5.91 Å². The number of carbonyl (C=O) groups is 1. The molecule has 0 aliphatic heterocycles. The molecule has 0 fully saturated rings. The molecule has 0 spiro atoms. The number of rotatable bonds is 6. The lowest BCUT2D eigenvalue weighted by molar-refractivity contribution is -0.121. The quantitative estimate of drug-likeness (QED) is 0.883. The Labute approximate surface area is 123 Å². The number of halogens is 1. The molecular weight excluding hydrogens is 276 g/mol. The molecule has 1 aromatic heterocycles. The summed E-state index contributed by atoms with van der Waals surface area (Å²) in [6, 6.07) is 7.75. The second-order valence-corrected chi connectivity index (χ2v) is 5.29. The molecule has 6 heteroatoms. The van der Waals surface area contributed by atoms with Crippen molar-refractivity contribution in [3.63, 3.8) is 0 Å². The minimum absolute atomic E-state index is 0.0301. The van der Waals surface area contributed by atoms with Gasteiger partial charge in [-0.25, -0.2) is 0 Å². The van der Waals surface area contributed by atoms with E-state index in [1.807, 2.05) is 43.3 Å². The highest BCUT2D eigenvalue weighted by molar-refractivity contribution is 6.34. The Balaban J connectivity index is 1.91. The van der Waals surface area contributed by atoms with Crippen LogP contribution in [0.3, 0.4) is 0 Å². The zero-order chi connectivity index (χ0) is 14.5. The molecule has 0 atom stereocenters. The van der Waals surface area contributed by atoms with Crippen LogP contribution in [0.5, 0.6) is 0 Å². The van der Waals surface area contributed by atoms with Crippen LogP contribution in [-0.4, -0.2) is 47.8 Å². The first-order valence-electron chi connectivity index (χ1n) is 6.60. The maximum Gasteiger partial charge on any atom is 0.221 e. The molecule has 0 bridgehead atoms. The summed E-state index contributed by atoms with van der Waals surface area (Å²) in [7, 11) is 3.95. The van der Waals surface area contributed by atoms with Crippen molar-refractivity contribution in [3.05, 3.63) is 29.4 Å². The maximum atomic E-state index is 11.7. The van der Waals surface area contributed by atoms with Crippen LogP contribution in [0, 0.1) is 0 Å². The summed E-state index contributed by atoms with van der Waals surface area (Å²) in [6.45, 7) is 2.02. The summed E-state index contributed by atoms with van der Waals surface area (Å²) in [4.78, 5) is 13.8.